The zero-order chi connectivity index (χ0) is 17.7. The molecule has 130 valence electrons. The highest BCUT2D eigenvalue weighted by Gasteiger charge is 2.20. The number of halogens is 1. The smallest absolute Gasteiger partial charge is 0.343 e. The number of aromatic amines is 1. The van der Waals surface area contributed by atoms with Gasteiger partial charge in [0.05, 0.1) is 18.0 Å². The van der Waals surface area contributed by atoms with E-state index in [-0.39, 0.29) is 11.6 Å². The number of nitrogens with one attached hydrogen (secondary N) is 2. The Bertz CT molecular complexity index is 774. The molecule has 24 heavy (non-hydrogen) atoms. The Hall–Kier alpha value is -1.93. The van der Waals surface area contributed by atoms with Crippen LogP contribution in [0.2, 0.25) is 5.02 Å². The second-order valence-corrected chi connectivity index (χ2v) is 6.80. The van der Waals surface area contributed by atoms with E-state index in [1.54, 1.807) is 25.1 Å². The summed E-state index contributed by atoms with van der Waals surface area (Å²) in [5.74, 6) is 0.284. The third-order valence-electron chi connectivity index (χ3n) is 3.24. The third-order valence-corrected chi connectivity index (χ3v) is 4.57. The molecule has 0 aliphatic heterocycles. The summed E-state index contributed by atoms with van der Waals surface area (Å²) < 4.78 is 6.73. The number of rotatable bonds is 7. The van der Waals surface area contributed by atoms with Gasteiger partial charge in [-0.2, -0.15) is 0 Å². The number of aromatic nitrogens is 3. The zero-order valence-corrected chi connectivity index (χ0v) is 15.2. The van der Waals surface area contributed by atoms with Gasteiger partial charge in [0.1, 0.15) is 5.75 Å². The van der Waals surface area contributed by atoms with Crippen LogP contribution in [0.15, 0.2) is 28.2 Å². The van der Waals surface area contributed by atoms with Crippen LogP contribution in [0.1, 0.15) is 20.3 Å². The fraction of sp³-hybridized carbons (Fsp3) is 0.400. The van der Waals surface area contributed by atoms with Crippen LogP contribution in [0.25, 0.3) is 0 Å². The van der Waals surface area contributed by atoms with Gasteiger partial charge in [-0.3, -0.25) is 9.36 Å². The molecule has 0 radical (unpaired) electrons. The second kappa shape index (κ2) is 8.25. The number of carbonyl (C=O) groups excluding carboxylic acids is 1. The summed E-state index contributed by atoms with van der Waals surface area (Å²) in [5, 5.41) is 9.69. The van der Waals surface area contributed by atoms with Gasteiger partial charge in [-0.1, -0.05) is 30.3 Å². The summed E-state index contributed by atoms with van der Waals surface area (Å²) in [6, 6.07) is 4.99. The van der Waals surface area contributed by atoms with E-state index in [0.29, 0.717) is 28.2 Å². The number of amides is 1. The molecule has 0 aliphatic carbocycles. The highest BCUT2D eigenvalue weighted by atomic mass is 35.5. The number of thioether (sulfide) groups is 1. The lowest BCUT2D eigenvalue weighted by atomic mass is 10.3. The normalized spacial score (nSPS) is 12.0. The Morgan fingerprint density at radius 3 is 2.96 bits per heavy atom. The number of H-pyrrole nitrogens is 1. The summed E-state index contributed by atoms with van der Waals surface area (Å²) in [6.07, 6.45) is 0.799. The predicted octanol–water partition coefficient (Wildman–Crippen LogP) is 2.76. The largest absolute Gasteiger partial charge is 0.495 e. The average molecular weight is 371 g/mol. The molecule has 2 rings (SSSR count). The number of ether oxygens (including phenoxy) is 1. The maximum Gasteiger partial charge on any atom is 0.343 e. The molecule has 0 bridgehead atoms. The van der Waals surface area contributed by atoms with E-state index in [1.807, 2.05) is 6.92 Å². The molecule has 0 aliphatic rings. The van der Waals surface area contributed by atoms with Gasteiger partial charge in [0, 0.05) is 11.6 Å². The maximum absolute atomic E-state index is 12.4. The van der Waals surface area contributed by atoms with Crippen molar-refractivity contribution >= 4 is 35.0 Å². The Kier molecular flexibility index (Phi) is 6.33. The van der Waals surface area contributed by atoms with E-state index < -0.39 is 5.25 Å². The van der Waals surface area contributed by atoms with E-state index in [2.05, 4.69) is 15.5 Å². The number of anilines is 1. The lowest BCUT2D eigenvalue weighted by Gasteiger charge is -2.14. The van der Waals surface area contributed by atoms with Gasteiger partial charge in [0.25, 0.3) is 0 Å². The molecule has 1 atom stereocenters. The van der Waals surface area contributed by atoms with Crippen molar-refractivity contribution in [3.05, 3.63) is 33.7 Å². The highest BCUT2D eigenvalue weighted by molar-refractivity contribution is 8.00. The minimum Gasteiger partial charge on any atom is -0.495 e. The van der Waals surface area contributed by atoms with E-state index >= 15 is 0 Å². The molecule has 0 saturated heterocycles. The van der Waals surface area contributed by atoms with E-state index in [9.17, 15) is 9.59 Å². The summed E-state index contributed by atoms with van der Waals surface area (Å²) in [5.41, 5.74) is 0.221. The standard InChI is InChI=1S/C15H19ClN4O3S/c1-4-7-20-14(22)18-19-15(20)24-9(2)13(21)17-11-8-10(16)5-6-12(11)23-3/h5-6,8-9H,4,7H2,1-3H3,(H,17,21)(H,18,22)/t9-/m0/s1. The predicted molar refractivity (Wildman–Crippen MR) is 95.1 cm³/mol. The van der Waals surface area contributed by atoms with Gasteiger partial charge in [0.15, 0.2) is 5.16 Å². The molecule has 1 heterocycles. The van der Waals surface area contributed by atoms with Crippen LogP contribution < -0.4 is 15.7 Å². The molecule has 1 aromatic heterocycles. The third kappa shape index (κ3) is 4.33. The Morgan fingerprint density at radius 1 is 1.54 bits per heavy atom. The fourth-order valence-corrected chi connectivity index (χ4v) is 3.09. The lowest BCUT2D eigenvalue weighted by Crippen LogP contribution is -2.24. The summed E-state index contributed by atoms with van der Waals surface area (Å²) in [4.78, 5) is 24.1. The molecule has 1 aromatic carbocycles. The quantitative estimate of drug-likeness (QED) is 0.731. The van der Waals surface area contributed by atoms with Crippen molar-refractivity contribution in [2.75, 3.05) is 12.4 Å². The first-order chi connectivity index (χ1) is 11.5. The Labute approximate surface area is 148 Å². The van der Waals surface area contributed by atoms with Crippen LogP contribution in [0, 0.1) is 0 Å². The van der Waals surface area contributed by atoms with Crippen LogP contribution in [-0.4, -0.2) is 33.0 Å². The lowest BCUT2D eigenvalue weighted by molar-refractivity contribution is -0.115. The molecule has 0 spiro atoms. The van der Waals surface area contributed by atoms with Crippen molar-refractivity contribution < 1.29 is 9.53 Å². The minimum absolute atomic E-state index is 0.237. The molecule has 0 saturated carbocycles. The van der Waals surface area contributed by atoms with Crippen LogP contribution in [0.4, 0.5) is 5.69 Å². The van der Waals surface area contributed by atoms with Crippen molar-refractivity contribution in [3.8, 4) is 5.75 Å². The van der Waals surface area contributed by atoms with Crippen molar-refractivity contribution in [2.24, 2.45) is 0 Å². The van der Waals surface area contributed by atoms with Gasteiger partial charge in [0.2, 0.25) is 5.91 Å². The molecule has 2 aromatic rings. The molecule has 2 N–H and O–H groups in total. The molecular formula is C15H19ClN4O3S. The Balaban J connectivity index is 2.11. The van der Waals surface area contributed by atoms with Gasteiger partial charge in [-0.15, -0.1) is 5.10 Å². The summed E-state index contributed by atoms with van der Waals surface area (Å²) >= 11 is 7.17. The number of carbonyl (C=O) groups is 1. The maximum atomic E-state index is 12.4. The van der Waals surface area contributed by atoms with Gasteiger partial charge < -0.3 is 10.1 Å². The summed E-state index contributed by atoms with van der Waals surface area (Å²) in [6.45, 7) is 4.26. The molecule has 7 nitrogen and oxygen atoms in total. The highest BCUT2D eigenvalue weighted by Crippen LogP contribution is 2.29. The monoisotopic (exact) mass is 370 g/mol. The topological polar surface area (TPSA) is 89.0 Å². The molecular weight excluding hydrogens is 352 g/mol. The fourth-order valence-electron chi connectivity index (χ4n) is 2.04. The van der Waals surface area contributed by atoms with E-state index in [0.717, 1.165) is 6.42 Å². The van der Waals surface area contributed by atoms with Crippen LogP contribution in [0.5, 0.6) is 5.75 Å². The van der Waals surface area contributed by atoms with Crippen LogP contribution in [-0.2, 0) is 11.3 Å². The van der Waals surface area contributed by atoms with Crippen molar-refractivity contribution in [1.29, 1.82) is 0 Å². The van der Waals surface area contributed by atoms with Crippen LogP contribution >= 0.6 is 23.4 Å². The second-order valence-electron chi connectivity index (χ2n) is 5.06. The van der Waals surface area contributed by atoms with E-state index in [4.69, 9.17) is 16.3 Å². The van der Waals surface area contributed by atoms with Gasteiger partial charge in [-0.25, -0.2) is 9.89 Å². The van der Waals surface area contributed by atoms with Crippen molar-refractivity contribution in [2.45, 2.75) is 37.2 Å². The molecule has 1 amide bonds. The van der Waals surface area contributed by atoms with Gasteiger partial charge in [-0.05, 0) is 31.5 Å². The number of benzene rings is 1. The van der Waals surface area contributed by atoms with Crippen molar-refractivity contribution in [3.63, 3.8) is 0 Å². The molecule has 0 unspecified atom stereocenters. The first kappa shape index (κ1) is 18.4. The van der Waals surface area contributed by atoms with E-state index in [1.165, 1.54) is 23.4 Å². The Morgan fingerprint density at radius 2 is 2.29 bits per heavy atom. The first-order valence-electron chi connectivity index (χ1n) is 7.42. The number of hydrogen-bond acceptors (Lipinski definition) is 5. The van der Waals surface area contributed by atoms with Crippen molar-refractivity contribution in [1.82, 2.24) is 14.8 Å². The first-order valence-corrected chi connectivity index (χ1v) is 8.68. The number of methoxy groups -OCH3 is 1. The minimum atomic E-state index is -0.459. The average Bonchev–Trinajstić information content (AvgIpc) is 2.88. The number of nitrogens with zero attached hydrogens (tertiary/aromatic N) is 2. The molecule has 0 fully saturated rings. The number of hydrogen-bond donors (Lipinski definition) is 2. The summed E-state index contributed by atoms with van der Waals surface area (Å²) in [7, 11) is 1.52. The van der Waals surface area contributed by atoms with Gasteiger partial charge >= 0.3 is 5.69 Å². The molecule has 9 heteroatoms. The SMILES string of the molecule is CCCn1c(S[C@@H](C)C(=O)Nc2cc(Cl)ccc2OC)n[nH]c1=O. The van der Waals surface area contributed by atoms with Crippen LogP contribution in [0.3, 0.4) is 0 Å². The zero-order valence-electron chi connectivity index (χ0n) is 13.6.